The normalized spacial score (nSPS) is 17.1. The molecule has 1 atom stereocenters. The van der Waals surface area contributed by atoms with Crippen LogP contribution in [0, 0.1) is 0 Å². The first-order chi connectivity index (χ1) is 13.2. The molecule has 0 aliphatic carbocycles. The third kappa shape index (κ3) is 8.34. The summed E-state index contributed by atoms with van der Waals surface area (Å²) in [5.41, 5.74) is 1.96. The van der Waals surface area contributed by atoms with Crippen molar-refractivity contribution in [3.8, 4) is 0 Å². The Morgan fingerprint density at radius 3 is 2.57 bits per heavy atom. The van der Waals surface area contributed by atoms with Crippen LogP contribution in [0.1, 0.15) is 52.0 Å². The highest BCUT2D eigenvalue weighted by molar-refractivity contribution is 14.0. The third-order valence-electron chi connectivity index (χ3n) is 4.89. The van der Waals surface area contributed by atoms with Crippen molar-refractivity contribution in [1.29, 1.82) is 0 Å². The number of nitrogens with one attached hydrogen (secondary N) is 3. The lowest BCUT2D eigenvalue weighted by Crippen LogP contribution is -2.44. The van der Waals surface area contributed by atoms with Crippen LogP contribution < -0.4 is 16.0 Å². The number of carbonyl (C=O) groups is 1. The number of rotatable bonds is 9. The second-order valence-corrected chi connectivity index (χ2v) is 7.00. The van der Waals surface area contributed by atoms with Crippen LogP contribution in [0.15, 0.2) is 29.3 Å². The summed E-state index contributed by atoms with van der Waals surface area (Å²) in [6.45, 7) is 11.0. The van der Waals surface area contributed by atoms with E-state index in [1.54, 1.807) is 0 Å². The van der Waals surface area contributed by atoms with Gasteiger partial charge in [0, 0.05) is 31.2 Å². The number of halogens is 1. The molecule has 1 unspecified atom stereocenters. The minimum absolute atomic E-state index is 0. The fraction of sp³-hybridized carbons (Fsp3) is 0.619. The Kier molecular flexibility index (Phi) is 12.1. The van der Waals surface area contributed by atoms with Crippen LogP contribution in [0.3, 0.4) is 0 Å². The molecular formula is C21H36IN5O. The highest BCUT2D eigenvalue weighted by Crippen LogP contribution is 2.15. The molecule has 0 aromatic heterocycles. The zero-order chi connectivity index (χ0) is 19.5. The highest BCUT2D eigenvalue weighted by Gasteiger charge is 2.22. The molecule has 1 aliphatic rings. The number of carbonyl (C=O) groups excluding carboxylic acids is 1. The van der Waals surface area contributed by atoms with Crippen molar-refractivity contribution < 1.29 is 4.79 Å². The van der Waals surface area contributed by atoms with E-state index in [0.29, 0.717) is 19.0 Å². The minimum atomic E-state index is 0. The fourth-order valence-corrected chi connectivity index (χ4v) is 3.41. The smallest absolute Gasteiger partial charge is 0.224 e. The SMILES string of the molecule is CCCC(=O)Nc1ccc(CN=C(NCC)NCC2CCCN2CC)cc1.I. The van der Waals surface area contributed by atoms with E-state index in [1.807, 2.05) is 31.2 Å². The van der Waals surface area contributed by atoms with Gasteiger partial charge in [-0.25, -0.2) is 4.99 Å². The average molecular weight is 501 g/mol. The summed E-state index contributed by atoms with van der Waals surface area (Å²) in [6, 6.07) is 8.52. The summed E-state index contributed by atoms with van der Waals surface area (Å²) < 4.78 is 0. The van der Waals surface area contributed by atoms with Crippen LogP contribution in [-0.2, 0) is 11.3 Å². The molecular weight excluding hydrogens is 465 g/mol. The lowest BCUT2D eigenvalue weighted by Gasteiger charge is -2.24. The van der Waals surface area contributed by atoms with Gasteiger partial charge in [-0.2, -0.15) is 0 Å². The first-order valence-electron chi connectivity index (χ1n) is 10.3. The number of likely N-dealkylation sites (tertiary alicyclic amines) is 1. The van der Waals surface area contributed by atoms with Crippen molar-refractivity contribution in [3.05, 3.63) is 29.8 Å². The molecule has 1 aromatic carbocycles. The van der Waals surface area contributed by atoms with Gasteiger partial charge < -0.3 is 16.0 Å². The monoisotopic (exact) mass is 501 g/mol. The molecule has 0 radical (unpaired) electrons. The van der Waals surface area contributed by atoms with E-state index in [4.69, 9.17) is 4.99 Å². The molecule has 0 saturated carbocycles. The Bertz CT molecular complexity index is 605. The minimum Gasteiger partial charge on any atom is -0.357 e. The molecule has 3 N–H and O–H groups in total. The van der Waals surface area contributed by atoms with Crippen LogP contribution in [0.5, 0.6) is 0 Å². The molecule has 1 aromatic rings. The summed E-state index contributed by atoms with van der Waals surface area (Å²) in [5.74, 6) is 0.927. The average Bonchev–Trinajstić information content (AvgIpc) is 3.13. The molecule has 0 bridgehead atoms. The molecule has 0 spiro atoms. The number of aliphatic imine (C=N–C) groups is 1. The number of hydrogen-bond acceptors (Lipinski definition) is 3. The van der Waals surface area contributed by atoms with Gasteiger partial charge in [0.05, 0.1) is 6.54 Å². The van der Waals surface area contributed by atoms with Crippen LogP contribution in [-0.4, -0.2) is 49.0 Å². The number of likely N-dealkylation sites (N-methyl/N-ethyl adjacent to an activating group) is 1. The number of guanidine groups is 1. The number of amides is 1. The van der Waals surface area contributed by atoms with E-state index >= 15 is 0 Å². The topological polar surface area (TPSA) is 68.8 Å². The highest BCUT2D eigenvalue weighted by atomic mass is 127. The zero-order valence-electron chi connectivity index (χ0n) is 17.5. The summed E-state index contributed by atoms with van der Waals surface area (Å²) in [7, 11) is 0. The molecule has 1 amide bonds. The van der Waals surface area contributed by atoms with Crippen molar-refractivity contribution in [2.75, 3.05) is 31.5 Å². The molecule has 1 saturated heterocycles. The first kappa shape index (κ1) is 24.7. The van der Waals surface area contributed by atoms with Crippen molar-refractivity contribution >= 4 is 41.5 Å². The van der Waals surface area contributed by atoms with Gasteiger partial charge in [-0.05, 0) is 57.0 Å². The van der Waals surface area contributed by atoms with E-state index in [2.05, 4.69) is 34.7 Å². The molecule has 158 valence electrons. The van der Waals surface area contributed by atoms with Crippen LogP contribution in [0.25, 0.3) is 0 Å². The number of anilines is 1. The Morgan fingerprint density at radius 2 is 1.93 bits per heavy atom. The second-order valence-electron chi connectivity index (χ2n) is 7.00. The van der Waals surface area contributed by atoms with Gasteiger partial charge in [-0.3, -0.25) is 9.69 Å². The van der Waals surface area contributed by atoms with E-state index < -0.39 is 0 Å². The third-order valence-corrected chi connectivity index (χ3v) is 4.89. The summed E-state index contributed by atoms with van der Waals surface area (Å²) in [5, 5.41) is 9.73. The first-order valence-corrected chi connectivity index (χ1v) is 10.3. The van der Waals surface area contributed by atoms with Gasteiger partial charge in [0.1, 0.15) is 0 Å². The molecule has 6 nitrogen and oxygen atoms in total. The number of nitrogens with zero attached hydrogens (tertiary/aromatic N) is 2. The van der Waals surface area contributed by atoms with Gasteiger partial charge in [-0.1, -0.05) is 26.0 Å². The van der Waals surface area contributed by atoms with Gasteiger partial charge in [-0.15, -0.1) is 24.0 Å². The van der Waals surface area contributed by atoms with Crippen molar-refractivity contribution in [3.63, 3.8) is 0 Å². The molecule has 1 aliphatic heterocycles. The summed E-state index contributed by atoms with van der Waals surface area (Å²) in [4.78, 5) is 18.9. The van der Waals surface area contributed by atoms with Crippen molar-refractivity contribution in [2.24, 2.45) is 4.99 Å². The lowest BCUT2D eigenvalue weighted by molar-refractivity contribution is -0.116. The van der Waals surface area contributed by atoms with Gasteiger partial charge in [0.15, 0.2) is 5.96 Å². The van der Waals surface area contributed by atoms with Crippen molar-refractivity contribution in [1.82, 2.24) is 15.5 Å². The Balaban J connectivity index is 0.00000392. The Hall–Kier alpha value is -1.35. The maximum absolute atomic E-state index is 11.7. The van der Waals surface area contributed by atoms with E-state index in [1.165, 1.54) is 19.4 Å². The van der Waals surface area contributed by atoms with Crippen LogP contribution >= 0.6 is 24.0 Å². The zero-order valence-corrected chi connectivity index (χ0v) is 19.8. The largest absolute Gasteiger partial charge is 0.357 e. The fourth-order valence-electron chi connectivity index (χ4n) is 3.41. The van der Waals surface area contributed by atoms with Crippen molar-refractivity contribution in [2.45, 2.75) is 59.0 Å². The lowest BCUT2D eigenvalue weighted by atomic mass is 10.2. The van der Waals surface area contributed by atoms with E-state index in [9.17, 15) is 4.79 Å². The maximum Gasteiger partial charge on any atom is 0.224 e. The summed E-state index contributed by atoms with van der Waals surface area (Å²) >= 11 is 0. The molecule has 28 heavy (non-hydrogen) atoms. The molecule has 1 heterocycles. The van der Waals surface area contributed by atoms with Gasteiger partial charge in [0.2, 0.25) is 5.91 Å². The van der Waals surface area contributed by atoms with Crippen LogP contribution in [0.4, 0.5) is 5.69 Å². The number of hydrogen-bond donors (Lipinski definition) is 3. The number of benzene rings is 1. The Morgan fingerprint density at radius 1 is 1.18 bits per heavy atom. The van der Waals surface area contributed by atoms with E-state index in [-0.39, 0.29) is 29.9 Å². The maximum atomic E-state index is 11.7. The Labute approximate surface area is 187 Å². The van der Waals surface area contributed by atoms with Gasteiger partial charge >= 0.3 is 0 Å². The van der Waals surface area contributed by atoms with E-state index in [0.717, 1.165) is 43.3 Å². The summed E-state index contributed by atoms with van der Waals surface area (Å²) in [6.07, 6.45) is 3.95. The second kappa shape index (κ2) is 13.8. The van der Waals surface area contributed by atoms with Gasteiger partial charge in [0.25, 0.3) is 0 Å². The molecule has 2 rings (SSSR count). The quantitative estimate of drug-likeness (QED) is 0.275. The predicted molar refractivity (Wildman–Crippen MR) is 128 cm³/mol. The molecule has 7 heteroatoms. The van der Waals surface area contributed by atoms with Crippen LogP contribution in [0.2, 0.25) is 0 Å². The molecule has 1 fully saturated rings. The standard InChI is InChI=1S/C21H35N5O.HI/c1-4-8-20(27)25-18-12-10-17(11-13-18)15-23-21(22-5-2)24-16-19-9-7-14-26(19)6-3;/h10-13,19H,4-9,14-16H2,1-3H3,(H,25,27)(H2,22,23,24);1H. The predicted octanol–water partition coefficient (Wildman–Crippen LogP) is 3.58.